The van der Waals surface area contributed by atoms with Crippen LogP contribution < -0.4 is 0 Å². The largest absolute Gasteiger partial charge is 0.372 e. The summed E-state index contributed by atoms with van der Waals surface area (Å²) in [6.07, 6.45) is 4.91. The zero-order valence-electron chi connectivity index (χ0n) is 7.26. The van der Waals surface area contributed by atoms with Gasteiger partial charge in [0.25, 0.3) is 0 Å². The van der Waals surface area contributed by atoms with Crippen LogP contribution in [0, 0.1) is 0 Å². The maximum absolute atomic E-state index is 11.3. The SMILES string of the molecule is CCC(=O)C1=CCCCN1C. The fourth-order valence-electron chi connectivity index (χ4n) is 1.35. The van der Waals surface area contributed by atoms with Gasteiger partial charge in [-0.25, -0.2) is 0 Å². The van der Waals surface area contributed by atoms with E-state index in [1.807, 2.05) is 14.0 Å². The Labute approximate surface area is 67.9 Å². The first kappa shape index (κ1) is 8.31. The van der Waals surface area contributed by atoms with Crippen LogP contribution in [0.25, 0.3) is 0 Å². The Morgan fingerprint density at radius 1 is 1.73 bits per heavy atom. The normalized spacial score (nSPS) is 18.0. The maximum Gasteiger partial charge on any atom is 0.178 e. The van der Waals surface area contributed by atoms with E-state index >= 15 is 0 Å². The molecule has 1 aliphatic rings. The van der Waals surface area contributed by atoms with Gasteiger partial charge in [0.15, 0.2) is 5.78 Å². The number of Topliss-reactive ketones (excluding diaryl/α,β-unsaturated/α-hetero) is 1. The number of rotatable bonds is 2. The highest BCUT2D eigenvalue weighted by atomic mass is 16.1. The first-order chi connectivity index (χ1) is 5.25. The van der Waals surface area contributed by atoms with E-state index in [1.165, 1.54) is 6.42 Å². The molecule has 0 aromatic rings. The second kappa shape index (κ2) is 3.56. The molecule has 2 heteroatoms. The predicted molar refractivity (Wildman–Crippen MR) is 45.2 cm³/mol. The van der Waals surface area contributed by atoms with Gasteiger partial charge in [0.2, 0.25) is 0 Å². The van der Waals surface area contributed by atoms with E-state index in [1.54, 1.807) is 0 Å². The Morgan fingerprint density at radius 3 is 3.00 bits per heavy atom. The average molecular weight is 153 g/mol. The standard InChI is InChI=1S/C9H15NO/c1-3-9(11)8-6-4-5-7-10(8)2/h6H,3-5,7H2,1-2H3. The Morgan fingerprint density at radius 2 is 2.45 bits per heavy atom. The Hall–Kier alpha value is -0.790. The molecular formula is C9H15NO. The molecule has 0 atom stereocenters. The van der Waals surface area contributed by atoms with E-state index in [2.05, 4.69) is 11.0 Å². The molecule has 0 N–H and O–H groups in total. The lowest BCUT2D eigenvalue weighted by molar-refractivity contribution is -0.116. The second-order valence-corrected chi connectivity index (χ2v) is 2.93. The minimum absolute atomic E-state index is 0.271. The topological polar surface area (TPSA) is 20.3 Å². The highest BCUT2D eigenvalue weighted by Crippen LogP contribution is 2.13. The van der Waals surface area contributed by atoms with Gasteiger partial charge in [0.05, 0.1) is 5.70 Å². The Kier molecular flexibility index (Phi) is 2.69. The summed E-state index contributed by atoms with van der Waals surface area (Å²) in [5, 5.41) is 0. The summed E-state index contributed by atoms with van der Waals surface area (Å²) < 4.78 is 0. The van der Waals surface area contributed by atoms with Crippen LogP contribution >= 0.6 is 0 Å². The molecular weight excluding hydrogens is 138 g/mol. The van der Waals surface area contributed by atoms with Gasteiger partial charge in [-0.15, -0.1) is 0 Å². The van der Waals surface area contributed by atoms with Crippen LogP contribution in [-0.2, 0) is 4.79 Å². The third-order valence-corrected chi connectivity index (χ3v) is 2.05. The van der Waals surface area contributed by atoms with E-state index in [0.717, 1.165) is 18.7 Å². The molecule has 0 aliphatic carbocycles. The second-order valence-electron chi connectivity index (χ2n) is 2.93. The van der Waals surface area contributed by atoms with E-state index < -0.39 is 0 Å². The molecule has 0 aromatic carbocycles. The maximum atomic E-state index is 11.3. The van der Waals surface area contributed by atoms with Crippen molar-refractivity contribution in [3.8, 4) is 0 Å². The molecule has 0 amide bonds. The number of nitrogens with zero attached hydrogens (tertiary/aromatic N) is 1. The molecule has 0 bridgehead atoms. The average Bonchev–Trinajstić information content (AvgIpc) is 2.04. The van der Waals surface area contributed by atoms with Crippen LogP contribution in [0.1, 0.15) is 26.2 Å². The molecule has 0 unspecified atom stereocenters. The van der Waals surface area contributed by atoms with Crippen molar-refractivity contribution in [2.24, 2.45) is 0 Å². The fraction of sp³-hybridized carbons (Fsp3) is 0.667. The highest BCUT2D eigenvalue weighted by molar-refractivity contribution is 5.94. The molecule has 0 saturated carbocycles. The molecule has 0 radical (unpaired) electrons. The molecule has 0 aromatic heterocycles. The van der Waals surface area contributed by atoms with E-state index in [9.17, 15) is 4.79 Å². The van der Waals surface area contributed by atoms with Crippen molar-refractivity contribution in [3.05, 3.63) is 11.8 Å². The molecule has 0 spiro atoms. The van der Waals surface area contributed by atoms with Crippen molar-refractivity contribution in [2.45, 2.75) is 26.2 Å². The number of hydrogen-bond donors (Lipinski definition) is 0. The lowest BCUT2D eigenvalue weighted by atomic mass is 10.1. The Bertz CT molecular complexity index is 184. The van der Waals surface area contributed by atoms with Crippen LogP contribution in [-0.4, -0.2) is 24.3 Å². The summed E-state index contributed by atoms with van der Waals surface area (Å²) >= 11 is 0. The number of ketones is 1. The number of allylic oxidation sites excluding steroid dienone is 2. The van der Waals surface area contributed by atoms with Crippen molar-refractivity contribution in [1.82, 2.24) is 4.90 Å². The smallest absolute Gasteiger partial charge is 0.178 e. The zero-order chi connectivity index (χ0) is 8.27. The van der Waals surface area contributed by atoms with E-state index in [4.69, 9.17) is 0 Å². The summed E-state index contributed by atoms with van der Waals surface area (Å²) in [6, 6.07) is 0. The van der Waals surface area contributed by atoms with Crippen LogP contribution in [0.4, 0.5) is 0 Å². The summed E-state index contributed by atoms with van der Waals surface area (Å²) in [6.45, 7) is 2.93. The lowest BCUT2D eigenvalue weighted by Gasteiger charge is -2.24. The lowest BCUT2D eigenvalue weighted by Crippen LogP contribution is -2.26. The molecule has 2 nitrogen and oxygen atoms in total. The van der Waals surface area contributed by atoms with Crippen LogP contribution in [0.5, 0.6) is 0 Å². The van der Waals surface area contributed by atoms with Crippen LogP contribution in [0.15, 0.2) is 11.8 Å². The quantitative estimate of drug-likeness (QED) is 0.600. The minimum atomic E-state index is 0.271. The van der Waals surface area contributed by atoms with Crippen LogP contribution in [0.3, 0.4) is 0 Å². The van der Waals surface area contributed by atoms with Crippen molar-refractivity contribution >= 4 is 5.78 Å². The summed E-state index contributed by atoms with van der Waals surface area (Å²) in [5.41, 5.74) is 0.916. The van der Waals surface area contributed by atoms with Gasteiger partial charge in [-0.2, -0.15) is 0 Å². The van der Waals surface area contributed by atoms with Crippen molar-refractivity contribution < 1.29 is 4.79 Å². The first-order valence-corrected chi connectivity index (χ1v) is 4.20. The van der Waals surface area contributed by atoms with E-state index in [-0.39, 0.29) is 5.78 Å². The number of carbonyl (C=O) groups excluding carboxylic acids is 1. The highest BCUT2D eigenvalue weighted by Gasteiger charge is 2.14. The van der Waals surface area contributed by atoms with Crippen molar-refractivity contribution in [3.63, 3.8) is 0 Å². The monoisotopic (exact) mass is 153 g/mol. The first-order valence-electron chi connectivity index (χ1n) is 4.20. The minimum Gasteiger partial charge on any atom is -0.372 e. The fourth-order valence-corrected chi connectivity index (χ4v) is 1.35. The summed E-state index contributed by atoms with van der Waals surface area (Å²) in [4.78, 5) is 13.3. The van der Waals surface area contributed by atoms with Gasteiger partial charge >= 0.3 is 0 Å². The van der Waals surface area contributed by atoms with Crippen molar-refractivity contribution in [2.75, 3.05) is 13.6 Å². The van der Waals surface area contributed by atoms with Gasteiger partial charge in [-0.3, -0.25) is 4.79 Å². The van der Waals surface area contributed by atoms with Gasteiger partial charge in [0.1, 0.15) is 0 Å². The molecule has 0 fully saturated rings. The molecule has 62 valence electrons. The van der Waals surface area contributed by atoms with Crippen LogP contribution in [0.2, 0.25) is 0 Å². The third kappa shape index (κ3) is 1.82. The van der Waals surface area contributed by atoms with E-state index in [0.29, 0.717) is 6.42 Å². The Balaban J connectivity index is 2.67. The zero-order valence-corrected chi connectivity index (χ0v) is 7.26. The van der Waals surface area contributed by atoms with Crippen molar-refractivity contribution in [1.29, 1.82) is 0 Å². The summed E-state index contributed by atoms with van der Waals surface area (Å²) in [5.74, 6) is 0.271. The summed E-state index contributed by atoms with van der Waals surface area (Å²) in [7, 11) is 1.98. The van der Waals surface area contributed by atoms with Gasteiger partial charge in [-0.1, -0.05) is 13.0 Å². The number of hydrogen-bond acceptors (Lipinski definition) is 2. The molecule has 1 rings (SSSR count). The molecule has 1 heterocycles. The third-order valence-electron chi connectivity index (χ3n) is 2.05. The molecule has 0 saturated heterocycles. The predicted octanol–water partition coefficient (Wildman–Crippen LogP) is 1.57. The van der Waals surface area contributed by atoms with Gasteiger partial charge in [0, 0.05) is 20.0 Å². The molecule has 11 heavy (non-hydrogen) atoms. The number of carbonyl (C=O) groups is 1. The number of likely N-dealkylation sites (N-methyl/N-ethyl adjacent to an activating group) is 1. The molecule has 1 aliphatic heterocycles. The van der Waals surface area contributed by atoms with Gasteiger partial charge < -0.3 is 4.90 Å². The van der Waals surface area contributed by atoms with Gasteiger partial charge in [-0.05, 0) is 12.8 Å².